The summed E-state index contributed by atoms with van der Waals surface area (Å²) < 4.78 is 10.8. The van der Waals surface area contributed by atoms with Crippen molar-refractivity contribution in [1.29, 1.82) is 0 Å². The van der Waals surface area contributed by atoms with Crippen molar-refractivity contribution >= 4 is 11.7 Å². The Morgan fingerprint density at radius 2 is 1.84 bits per heavy atom. The van der Waals surface area contributed by atoms with E-state index in [2.05, 4.69) is 10.5 Å². The van der Waals surface area contributed by atoms with Crippen molar-refractivity contribution in [1.82, 2.24) is 5.16 Å². The molecule has 2 aromatic carbocycles. The Balaban J connectivity index is 1.59. The Labute approximate surface area is 179 Å². The number of aromatic hydroxyl groups is 2. The van der Waals surface area contributed by atoms with Gasteiger partial charge in [-0.25, -0.2) is 0 Å². The number of ether oxygens (including phenoxy) is 1. The van der Waals surface area contributed by atoms with Gasteiger partial charge in [0.05, 0.1) is 18.4 Å². The summed E-state index contributed by atoms with van der Waals surface area (Å²) in [6, 6.07) is 12.1. The van der Waals surface area contributed by atoms with E-state index in [4.69, 9.17) is 9.26 Å². The highest BCUT2D eigenvalue weighted by Gasteiger charge is 2.41. The molecule has 0 radical (unpaired) electrons. The fourth-order valence-corrected chi connectivity index (χ4v) is 4.66. The van der Waals surface area contributed by atoms with Gasteiger partial charge in [0.25, 0.3) is 0 Å². The van der Waals surface area contributed by atoms with Crippen molar-refractivity contribution in [3.8, 4) is 17.2 Å². The van der Waals surface area contributed by atoms with E-state index < -0.39 is 0 Å². The third kappa shape index (κ3) is 3.13. The number of rotatable bonds is 3. The number of phenolic OH excluding ortho intramolecular Hbond substituents is 2. The van der Waals surface area contributed by atoms with Crippen molar-refractivity contribution in [3.05, 3.63) is 76.1 Å². The van der Waals surface area contributed by atoms with Crippen LogP contribution in [0.3, 0.4) is 0 Å². The molecule has 158 valence electrons. The summed E-state index contributed by atoms with van der Waals surface area (Å²) in [6.45, 7) is 1.86. The number of allylic oxidation sites excluding steroid dienone is 2. The second-order valence-corrected chi connectivity index (χ2v) is 8.01. The van der Waals surface area contributed by atoms with Crippen LogP contribution in [0.25, 0.3) is 0 Å². The molecule has 0 saturated heterocycles. The van der Waals surface area contributed by atoms with E-state index in [1.165, 1.54) is 7.11 Å². The first-order chi connectivity index (χ1) is 15.0. The van der Waals surface area contributed by atoms with Gasteiger partial charge in [0.15, 0.2) is 17.3 Å². The van der Waals surface area contributed by atoms with Crippen LogP contribution in [-0.2, 0) is 4.79 Å². The molecule has 0 bridgehead atoms. The number of aryl methyl sites for hydroxylation is 1. The van der Waals surface area contributed by atoms with Gasteiger partial charge in [0.1, 0.15) is 5.75 Å². The van der Waals surface area contributed by atoms with Crippen LogP contribution in [0.1, 0.15) is 47.1 Å². The number of phenols is 2. The smallest absolute Gasteiger partial charge is 0.233 e. The number of aromatic nitrogens is 1. The highest BCUT2D eigenvalue weighted by molar-refractivity contribution is 6.01. The lowest BCUT2D eigenvalue weighted by Crippen LogP contribution is -2.29. The number of nitrogens with zero attached hydrogens (tertiary/aromatic N) is 1. The molecule has 0 unspecified atom stereocenters. The Bertz CT molecular complexity index is 1210. The number of anilines is 1. The number of nitrogens with one attached hydrogen (secondary N) is 1. The van der Waals surface area contributed by atoms with Crippen LogP contribution < -0.4 is 10.1 Å². The molecule has 5 rings (SSSR count). The molecule has 2 heterocycles. The zero-order valence-electron chi connectivity index (χ0n) is 17.2. The number of benzene rings is 2. The van der Waals surface area contributed by atoms with Gasteiger partial charge in [0.2, 0.25) is 5.88 Å². The Morgan fingerprint density at radius 3 is 2.58 bits per heavy atom. The van der Waals surface area contributed by atoms with Crippen LogP contribution in [0.2, 0.25) is 0 Å². The Hall–Kier alpha value is -3.74. The summed E-state index contributed by atoms with van der Waals surface area (Å²) in [5.41, 5.74) is 4.93. The summed E-state index contributed by atoms with van der Waals surface area (Å²) in [5.74, 6) is 0.863. The number of hydrogen-bond donors (Lipinski definition) is 3. The molecular weight excluding hydrogens is 396 g/mol. The van der Waals surface area contributed by atoms with Gasteiger partial charge >= 0.3 is 0 Å². The van der Waals surface area contributed by atoms with Gasteiger partial charge in [-0.15, -0.1) is 0 Å². The lowest BCUT2D eigenvalue weighted by molar-refractivity contribution is -0.116. The van der Waals surface area contributed by atoms with E-state index in [9.17, 15) is 15.0 Å². The maximum Gasteiger partial charge on any atom is 0.233 e. The van der Waals surface area contributed by atoms with Gasteiger partial charge in [-0.1, -0.05) is 23.4 Å². The third-order valence-electron chi connectivity index (χ3n) is 6.16. The van der Waals surface area contributed by atoms with Crippen LogP contribution in [0.4, 0.5) is 5.88 Å². The second-order valence-electron chi connectivity index (χ2n) is 8.01. The number of ketones is 1. The van der Waals surface area contributed by atoms with Crippen molar-refractivity contribution in [2.24, 2.45) is 0 Å². The minimum atomic E-state index is -0.305. The minimum Gasteiger partial charge on any atom is -0.508 e. The molecule has 0 amide bonds. The maximum absolute atomic E-state index is 13.4. The van der Waals surface area contributed by atoms with Crippen molar-refractivity contribution in [2.45, 2.75) is 31.6 Å². The lowest BCUT2D eigenvalue weighted by atomic mass is 9.72. The Kier molecular flexibility index (Phi) is 4.46. The molecule has 3 aromatic rings. The second kappa shape index (κ2) is 7.19. The van der Waals surface area contributed by atoms with Gasteiger partial charge in [-0.2, -0.15) is 0 Å². The van der Waals surface area contributed by atoms with Crippen LogP contribution in [-0.4, -0.2) is 28.3 Å². The lowest BCUT2D eigenvalue weighted by Gasteiger charge is -2.34. The van der Waals surface area contributed by atoms with Gasteiger partial charge in [-0.05, 0) is 54.7 Å². The number of hydrogen-bond acceptors (Lipinski definition) is 7. The first kappa shape index (κ1) is 19.2. The van der Waals surface area contributed by atoms with Gasteiger partial charge < -0.3 is 24.8 Å². The fraction of sp³-hybridized carbons (Fsp3) is 0.250. The standard InChI is InChI=1S/C24H22N2O5/c1-12-21-22(13-3-6-16(27)7-4-13)23-17(25-24(21)31-26-12)9-15(10-19(23)29)14-5-8-18(28)20(11-14)30-2/h3-8,11,15,22,25,27-28H,9-10H2,1-2H3/t15-,22+/m1/s1. The van der Waals surface area contributed by atoms with Gasteiger partial charge in [0, 0.05) is 23.6 Å². The highest BCUT2D eigenvalue weighted by atomic mass is 16.5. The highest BCUT2D eigenvalue weighted by Crippen LogP contribution is 2.49. The summed E-state index contributed by atoms with van der Waals surface area (Å²) in [4.78, 5) is 13.4. The molecule has 31 heavy (non-hydrogen) atoms. The van der Waals surface area contributed by atoms with E-state index in [-0.39, 0.29) is 29.1 Å². The maximum atomic E-state index is 13.4. The average molecular weight is 418 g/mol. The molecule has 3 N–H and O–H groups in total. The zero-order valence-corrected chi connectivity index (χ0v) is 17.2. The predicted octanol–water partition coefficient (Wildman–Crippen LogP) is 4.36. The molecule has 2 atom stereocenters. The molecule has 0 spiro atoms. The zero-order chi connectivity index (χ0) is 21.7. The van der Waals surface area contributed by atoms with E-state index >= 15 is 0 Å². The molecule has 7 nitrogen and oxygen atoms in total. The quantitative estimate of drug-likeness (QED) is 0.580. The number of carbonyl (C=O) groups is 1. The molecule has 7 heteroatoms. The largest absolute Gasteiger partial charge is 0.508 e. The molecule has 0 fully saturated rings. The van der Waals surface area contributed by atoms with E-state index in [0.29, 0.717) is 30.0 Å². The van der Waals surface area contributed by atoms with Crippen LogP contribution in [0.15, 0.2) is 58.3 Å². The third-order valence-corrected chi connectivity index (χ3v) is 6.16. The van der Waals surface area contributed by atoms with Crippen LogP contribution in [0, 0.1) is 6.92 Å². The molecular formula is C24H22N2O5. The number of carbonyl (C=O) groups excluding carboxylic acids is 1. The van der Waals surface area contributed by atoms with Crippen molar-refractivity contribution in [2.75, 3.05) is 12.4 Å². The number of Topliss-reactive ketones (excluding diaryl/α,β-unsaturated/α-hetero) is 1. The first-order valence-electron chi connectivity index (χ1n) is 10.1. The topological polar surface area (TPSA) is 105 Å². The minimum absolute atomic E-state index is 0.0510. The van der Waals surface area contributed by atoms with Crippen molar-refractivity contribution < 1.29 is 24.3 Å². The van der Waals surface area contributed by atoms with Crippen molar-refractivity contribution in [3.63, 3.8) is 0 Å². The molecule has 2 aliphatic rings. The summed E-state index contributed by atoms with van der Waals surface area (Å²) in [5, 5.41) is 27.1. The molecule has 1 aliphatic heterocycles. The monoisotopic (exact) mass is 418 g/mol. The summed E-state index contributed by atoms with van der Waals surface area (Å²) in [6.07, 6.45) is 0.964. The Morgan fingerprint density at radius 1 is 1.10 bits per heavy atom. The average Bonchev–Trinajstić information content (AvgIpc) is 3.13. The first-order valence-corrected chi connectivity index (χ1v) is 10.1. The number of methoxy groups -OCH3 is 1. The summed E-state index contributed by atoms with van der Waals surface area (Å²) in [7, 11) is 1.50. The van der Waals surface area contributed by atoms with E-state index in [1.54, 1.807) is 24.3 Å². The normalized spacial score (nSPS) is 20.1. The van der Waals surface area contributed by atoms with E-state index in [1.807, 2.05) is 25.1 Å². The number of fused-ring (bicyclic) bond motifs is 1. The molecule has 0 saturated carbocycles. The molecule has 1 aromatic heterocycles. The fourth-order valence-electron chi connectivity index (χ4n) is 4.66. The van der Waals surface area contributed by atoms with E-state index in [0.717, 1.165) is 28.1 Å². The van der Waals surface area contributed by atoms with Crippen LogP contribution >= 0.6 is 0 Å². The van der Waals surface area contributed by atoms with Crippen LogP contribution in [0.5, 0.6) is 17.2 Å². The molecule has 1 aliphatic carbocycles. The summed E-state index contributed by atoms with van der Waals surface area (Å²) >= 11 is 0. The predicted molar refractivity (Wildman–Crippen MR) is 113 cm³/mol. The van der Waals surface area contributed by atoms with Gasteiger partial charge in [-0.3, -0.25) is 4.79 Å². The SMILES string of the molecule is COc1cc([C@H]2CC(=O)C3=C(C2)Nc2onc(C)c2[C@@H]3c2ccc(O)cc2)ccc1O.